The van der Waals surface area contributed by atoms with Gasteiger partial charge in [0.1, 0.15) is 0 Å². The van der Waals surface area contributed by atoms with Gasteiger partial charge in [0.05, 0.1) is 5.89 Å². The number of rotatable bonds is 1. The van der Waals surface area contributed by atoms with E-state index in [1.54, 1.807) is 0 Å². The van der Waals surface area contributed by atoms with Crippen LogP contribution < -0.4 is 5.73 Å². The van der Waals surface area contributed by atoms with Crippen LogP contribution in [0.4, 0.5) is 0 Å². The summed E-state index contributed by atoms with van der Waals surface area (Å²) >= 11 is 0. The number of aryl methyl sites for hydroxylation is 1. The summed E-state index contributed by atoms with van der Waals surface area (Å²) in [5, 5.41) is 0. The Morgan fingerprint density at radius 3 is 3.18 bits per heavy atom. The van der Waals surface area contributed by atoms with Crippen LogP contribution in [0, 0.1) is 12.8 Å². The standard InChI is InChI=1S/C15H17NO/c1-9-5-6-10-8-14-11(13(10)7-9)3-2-4-12(14)15(16)17/h5-7,12H,2-4,8H2,1H3,(H2,16,17)/i3D2,12D. The number of allylic oxidation sites excluding steroid dienone is 1. The second-order valence-corrected chi connectivity index (χ2v) is 4.71. The van der Waals surface area contributed by atoms with Crippen molar-refractivity contribution >= 4 is 11.5 Å². The number of fused-ring (bicyclic) bond motifs is 2. The van der Waals surface area contributed by atoms with Crippen LogP contribution in [0.5, 0.6) is 0 Å². The first-order valence-electron chi connectivity index (χ1n) is 7.40. The van der Waals surface area contributed by atoms with Gasteiger partial charge in [-0.15, -0.1) is 0 Å². The van der Waals surface area contributed by atoms with Crippen molar-refractivity contribution in [2.24, 2.45) is 11.6 Å². The number of nitrogens with two attached hydrogens (primary N) is 1. The summed E-state index contributed by atoms with van der Waals surface area (Å²) in [6, 6.07) is 5.88. The Labute approximate surface area is 106 Å². The molecule has 0 aromatic heterocycles. The summed E-state index contributed by atoms with van der Waals surface area (Å²) in [5.41, 5.74) is 9.40. The van der Waals surface area contributed by atoms with Crippen LogP contribution in [0.1, 0.15) is 40.0 Å². The molecular formula is C15H17NO. The van der Waals surface area contributed by atoms with Crippen molar-refractivity contribution in [2.75, 3.05) is 0 Å². The monoisotopic (exact) mass is 230 g/mol. The van der Waals surface area contributed by atoms with Gasteiger partial charge in [-0.25, -0.2) is 0 Å². The SMILES string of the molecule is [2H]C1([2H])CCC([2H])(C(N)=O)C2=C1c1cc(C)ccc1C2. The number of carbonyl (C=O) groups excluding carboxylic acids is 1. The molecule has 0 fully saturated rings. The van der Waals surface area contributed by atoms with Gasteiger partial charge in [-0.1, -0.05) is 23.8 Å². The third-order valence-electron chi connectivity index (χ3n) is 3.54. The fourth-order valence-corrected chi connectivity index (χ4v) is 2.71. The molecule has 0 spiro atoms. The molecule has 17 heavy (non-hydrogen) atoms. The molecule has 88 valence electrons. The molecule has 3 rings (SSSR count). The van der Waals surface area contributed by atoms with Crippen LogP contribution in [0.25, 0.3) is 5.57 Å². The maximum absolute atomic E-state index is 11.7. The van der Waals surface area contributed by atoms with Gasteiger partial charge in [-0.3, -0.25) is 4.79 Å². The van der Waals surface area contributed by atoms with Crippen LogP contribution in [-0.4, -0.2) is 5.91 Å². The predicted molar refractivity (Wildman–Crippen MR) is 68.3 cm³/mol. The zero-order chi connectivity index (χ0) is 14.7. The highest BCUT2D eigenvalue weighted by atomic mass is 16.1. The molecule has 2 nitrogen and oxygen atoms in total. The maximum atomic E-state index is 11.7. The van der Waals surface area contributed by atoms with Crippen molar-refractivity contribution in [1.29, 1.82) is 0 Å². The van der Waals surface area contributed by atoms with Gasteiger partial charge in [0.15, 0.2) is 0 Å². The van der Waals surface area contributed by atoms with Crippen molar-refractivity contribution < 1.29 is 8.91 Å². The molecule has 0 saturated carbocycles. The third kappa shape index (κ3) is 1.59. The lowest BCUT2D eigenvalue weighted by Crippen LogP contribution is -2.27. The number of hydrogen-bond acceptors (Lipinski definition) is 1. The molecule has 2 N–H and O–H groups in total. The Morgan fingerprint density at radius 1 is 1.59 bits per heavy atom. The van der Waals surface area contributed by atoms with Gasteiger partial charge in [0, 0.05) is 4.11 Å². The Kier molecular flexibility index (Phi) is 1.69. The van der Waals surface area contributed by atoms with Gasteiger partial charge >= 0.3 is 0 Å². The fourth-order valence-electron chi connectivity index (χ4n) is 2.71. The zero-order valence-corrected chi connectivity index (χ0v) is 9.84. The predicted octanol–water partition coefficient (Wildman–Crippen LogP) is 2.59. The van der Waals surface area contributed by atoms with Gasteiger partial charge in [-0.05, 0) is 54.8 Å². The van der Waals surface area contributed by atoms with Crippen molar-refractivity contribution in [3.63, 3.8) is 0 Å². The first-order valence-corrected chi connectivity index (χ1v) is 5.90. The van der Waals surface area contributed by atoms with Crippen LogP contribution in [0.15, 0.2) is 23.8 Å². The highest BCUT2D eigenvalue weighted by Gasteiger charge is 2.32. The molecule has 2 aliphatic rings. The lowest BCUT2D eigenvalue weighted by atomic mass is 9.82. The van der Waals surface area contributed by atoms with Gasteiger partial charge in [0.2, 0.25) is 5.91 Å². The molecule has 0 saturated heterocycles. The normalized spacial score (nSPS) is 32.2. The van der Waals surface area contributed by atoms with E-state index in [9.17, 15) is 4.79 Å². The lowest BCUT2D eigenvalue weighted by molar-refractivity contribution is -0.121. The number of hydrogen-bond donors (Lipinski definition) is 1. The van der Waals surface area contributed by atoms with Crippen LogP contribution in [0.3, 0.4) is 0 Å². The fraction of sp³-hybridized carbons (Fsp3) is 0.400. The zero-order valence-electron chi connectivity index (χ0n) is 12.8. The summed E-state index contributed by atoms with van der Waals surface area (Å²) in [4.78, 5) is 11.7. The molecule has 1 unspecified atom stereocenters. The molecule has 0 aliphatic heterocycles. The van der Waals surface area contributed by atoms with Gasteiger partial charge < -0.3 is 5.73 Å². The second kappa shape index (κ2) is 3.73. The minimum atomic E-state index is -1.49. The van der Waals surface area contributed by atoms with Gasteiger partial charge in [-0.2, -0.15) is 0 Å². The molecular weight excluding hydrogens is 210 g/mol. The average Bonchev–Trinajstić information content (AvgIpc) is 2.74. The van der Waals surface area contributed by atoms with E-state index in [1.807, 2.05) is 25.1 Å². The van der Waals surface area contributed by atoms with E-state index in [4.69, 9.17) is 9.85 Å². The van der Waals surface area contributed by atoms with E-state index in [-0.39, 0.29) is 12.8 Å². The smallest absolute Gasteiger partial charge is 0.224 e. The quantitative estimate of drug-likeness (QED) is 0.791. The van der Waals surface area contributed by atoms with Gasteiger partial charge in [0.25, 0.3) is 0 Å². The number of benzene rings is 1. The van der Waals surface area contributed by atoms with E-state index in [2.05, 4.69) is 0 Å². The van der Waals surface area contributed by atoms with E-state index < -0.39 is 18.2 Å². The van der Waals surface area contributed by atoms with Crippen molar-refractivity contribution in [3.05, 3.63) is 40.5 Å². The molecule has 1 atom stereocenters. The highest BCUT2D eigenvalue weighted by Crippen LogP contribution is 2.44. The maximum Gasteiger partial charge on any atom is 0.224 e. The molecule has 1 aromatic rings. The number of carbonyl (C=O) groups is 1. The number of primary amides is 1. The van der Waals surface area contributed by atoms with Crippen LogP contribution >= 0.6 is 0 Å². The Balaban J connectivity index is 2.26. The van der Waals surface area contributed by atoms with Crippen molar-refractivity contribution in [1.82, 2.24) is 0 Å². The summed E-state index contributed by atoms with van der Waals surface area (Å²) in [5.74, 6) is -2.14. The molecule has 0 radical (unpaired) electrons. The molecule has 0 bridgehead atoms. The third-order valence-corrected chi connectivity index (χ3v) is 3.54. The largest absolute Gasteiger partial charge is 0.369 e. The van der Waals surface area contributed by atoms with E-state index in [0.29, 0.717) is 17.6 Å². The highest BCUT2D eigenvalue weighted by molar-refractivity contribution is 5.87. The van der Waals surface area contributed by atoms with Crippen LogP contribution in [-0.2, 0) is 11.2 Å². The molecule has 1 amide bonds. The molecule has 0 heterocycles. The topological polar surface area (TPSA) is 43.1 Å². The van der Waals surface area contributed by atoms with E-state index in [0.717, 1.165) is 16.7 Å². The first kappa shape index (κ1) is 7.70. The van der Waals surface area contributed by atoms with E-state index in [1.165, 1.54) is 0 Å². The minimum Gasteiger partial charge on any atom is -0.369 e. The first-order chi connectivity index (χ1) is 9.25. The van der Waals surface area contributed by atoms with Crippen LogP contribution in [0.2, 0.25) is 0 Å². The van der Waals surface area contributed by atoms with Crippen molar-refractivity contribution in [3.8, 4) is 0 Å². The second-order valence-electron chi connectivity index (χ2n) is 4.71. The summed E-state index contributed by atoms with van der Waals surface area (Å²) in [6.07, 6.45) is -0.724. The Hall–Kier alpha value is -1.57. The minimum absolute atomic E-state index is 0.154. The Morgan fingerprint density at radius 2 is 2.41 bits per heavy atom. The summed E-state index contributed by atoms with van der Waals surface area (Å²) in [7, 11) is 0. The Bertz CT molecular complexity index is 651. The molecule has 1 aromatic carbocycles. The molecule has 2 aliphatic carbocycles. The lowest BCUT2D eigenvalue weighted by Gasteiger charge is -2.22. The van der Waals surface area contributed by atoms with Crippen molar-refractivity contribution in [2.45, 2.75) is 32.6 Å². The summed E-state index contributed by atoms with van der Waals surface area (Å²) < 4.78 is 24.9. The number of amides is 1. The van der Waals surface area contributed by atoms with E-state index >= 15 is 0 Å². The molecule has 2 heteroatoms. The summed E-state index contributed by atoms with van der Waals surface area (Å²) in [6.45, 7) is 1.96. The average molecular weight is 230 g/mol.